The number of carbonyl (C=O) groups excluding carboxylic acids is 1. The second-order valence-corrected chi connectivity index (χ2v) is 8.41. The van der Waals surface area contributed by atoms with Gasteiger partial charge in [-0.05, 0) is 32.2 Å². The predicted molar refractivity (Wildman–Crippen MR) is 109 cm³/mol. The first kappa shape index (κ1) is 21.8. The molecule has 25 heavy (non-hydrogen) atoms. The van der Waals surface area contributed by atoms with Gasteiger partial charge in [-0.2, -0.15) is 11.8 Å². The molecule has 8 heteroatoms. The SMILES string of the molecule is COc1ccccc1-c1ncc(CNC(=O)[C@@H](N)C(C)(C)SC)s1.Cl. The van der Waals surface area contributed by atoms with Crippen LogP contribution in [0.4, 0.5) is 0 Å². The van der Waals surface area contributed by atoms with Gasteiger partial charge in [0.15, 0.2) is 0 Å². The third-order valence-corrected chi connectivity index (χ3v) is 6.22. The van der Waals surface area contributed by atoms with E-state index in [1.165, 1.54) is 11.3 Å². The van der Waals surface area contributed by atoms with Crippen molar-refractivity contribution >= 4 is 41.4 Å². The molecule has 3 N–H and O–H groups in total. The number of rotatable bonds is 7. The van der Waals surface area contributed by atoms with Gasteiger partial charge in [0.05, 0.1) is 25.3 Å². The zero-order valence-electron chi connectivity index (χ0n) is 14.7. The molecule has 0 radical (unpaired) electrons. The Morgan fingerprint density at radius 1 is 1.44 bits per heavy atom. The number of nitrogens with zero attached hydrogens (tertiary/aromatic N) is 1. The largest absolute Gasteiger partial charge is 0.496 e. The second kappa shape index (κ2) is 9.43. The standard InChI is InChI=1S/C17H23N3O2S2.ClH/c1-17(2,23-4)14(18)15(21)19-9-11-10-20-16(24-11)12-7-5-6-8-13(12)22-3;/h5-8,10,14H,9,18H2,1-4H3,(H,19,21);1H/t14-;/m1./s1. The van der Waals surface area contributed by atoms with E-state index in [2.05, 4.69) is 10.3 Å². The monoisotopic (exact) mass is 401 g/mol. The molecule has 0 aliphatic heterocycles. The van der Waals surface area contributed by atoms with E-state index >= 15 is 0 Å². The predicted octanol–water partition coefficient (Wildman–Crippen LogP) is 3.33. The summed E-state index contributed by atoms with van der Waals surface area (Å²) in [6.45, 7) is 4.35. The fraction of sp³-hybridized carbons (Fsp3) is 0.412. The molecule has 1 atom stereocenters. The molecule has 0 bridgehead atoms. The molecular weight excluding hydrogens is 378 g/mol. The molecule has 0 aliphatic carbocycles. The number of aromatic nitrogens is 1. The number of amides is 1. The van der Waals surface area contributed by atoms with Crippen LogP contribution in [0.15, 0.2) is 30.5 Å². The highest BCUT2D eigenvalue weighted by Crippen LogP contribution is 2.32. The van der Waals surface area contributed by atoms with E-state index in [-0.39, 0.29) is 23.1 Å². The van der Waals surface area contributed by atoms with E-state index in [1.807, 2.05) is 44.4 Å². The number of thiazole rings is 1. The highest BCUT2D eigenvalue weighted by atomic mass is 35.5. The van der Waals surface area contributed by atoms with Crippen LogP contribution in [0.25, 0.3) is 10.6 Å². The van der Waals surface area contributed by atoms with Crippen LogP contribution in [0.5, 0.6) is 5.75 Å². The van der Waals surface area contributed by atoms with E-state index in [0.29, 0.717) is 6.54 Å². The number of para-hydroxylation sites is 1. The first-order valence-electron chi connectivity index (χ1n) is 7.55. The molecule has 1 aromatic carbocycles. The second-order valence-electron chi connectivity index (χ2n) is 5.84. The Bertz CT molecular complexity index is 707. The average molecular weight is 402 g/mol. The lowest BCUT2D eigenvalue weighted by atomic mass is 10.0. The third kappa shape index (κ3) is 5.34. The number of halogens is 1. The lowest BCUT2D eigenvalue weighted by Gasteiger charge is -2.28. The van der Waals surface area contributed by atoms with Crippen LogP contribution in [0, 0.1) is 0 Å². The molecule has 1 aromatic heterocycles. The molecule has 0 aliphatic rings. The molecule has 0 unspecified atom stereocenters. The van der Waals surface area contributed by atoms with Gasteiger partial charge in [0.2, 0.25) is 5.91 Å². The maximum atomic E-state index is 12.2. The molecular formula is C17H24ClN3O2S2. The molecule has 0 spiro atoms. The number of methoxy groups -OCH3 is 1. The zero-order valence-corrected chi connectivity index (χ0v) is 17.2. The van der Waals surface area contributed by atoms with Crippen LogP contribution in [-0.4, -0.2) is 35.0 Å². The van der Waals surface area contributed by atoms with Gasteiger partial charge in [0.25, 0.3) is 0 Å². The lowest BCUT2D eigenvalue weighted by molar-refractivity contribution is -0.123. The Hall–Kier alpha value is -1.28. The van der Waals surface area contributed by atoms with Crippen molar-refractivity contribution in [3.05, 3.63) is 35.3 Å². The summed E-state index contributed by atoms with van der Waals surface area (Å²) in [5.41, 5.74) is 6.99. The highest BCUT2D eigenvalue weighted by Gasteiger charge is 2.31. The van der Waals surface area contributed by atoms with Crippen molar-refractivity contribution in [3.63, 3.8) is 0 Å². The zero-order chi connectivity index (χ0) is 17.7. The van der Waals surface area contributed by atoms with E-state index in [9.17, 15) is 4.79 Å². The smallest absolute Gasteiger partial charge is 0.238 e. The van der Waals surface area contributed by atoms with Crippen molar-refractivity contribution in [2.75, 3.05) is 13.4 Å². The Morgan fingerprint density at radius 3 is 2.76 bits per heavy atom. The molecule has 0 saturated heterocycles. The van der Waals surface area contributed by atoms with Crippen LogP contribution >= 0.6 is 35.5 Å². The van der Waals surface area contributed by atoms with E-state index in [4.69, 9.17) is 10.5 Å². The Morgan fingerprint density at radius 2 is 2.12 bits per heavy atom. The molecule has 1 heterocycles. The van der Waals surface area contributed by atoms with Gasteiger partial charge in [-0.1, -0.05) is 12.1 Å². The van der Waals surface area contributed by atoms with Crippen LogP contribution < -0.4 is 15.8 Å². The van der Waals surface area contributed by atoms with Gasteiger partial charge in [0, 0.05) is 15.8 Å². The van der Waals surface area contributed by atoms with Crippen LogP contribution in [-0.2, 0) is 11.3 Å². The van der Waals surface area contributed by atoms with Crippen LogP contribution in [0.1, 0.15) is 18.7 Å². The quantitative estimate of drug-likeness (QED) is 0.744. The number of hydrogen-bond donors (Lipinski definition) is 2. The molecule has 0 saturated carbocycles. The summed E-state index contributed by atoms with van der Waals surface area (Å²) in [5.74, 6) is 0.632. The number of nitrogens with one attached hydrogen (secondary N) is 1. The number of benzene rings is 1. The highest BCUT2D eigenvalue weighted by molar-refractivity contribution is 8.00. The Labute approximate surface area is 163 Å². The number of thioether (sulfide) groups is 1. The van der Waals surface area contributed by atoms with Crippen molar-refractivity contribution < 1.29 is 9.53 Å². The van der Waals surface area contributed by atoms with Crippen molar-refractivity contribution in [3.8, 4) is 16.3 Å². The number of carbonyl (C=O) groups is 1. The number of ether oxygens (including phenoxy) is 1. The number of hydrogen-bond acceptors (Lipinski definition) is 6. The first-order chi connectivity index (χ1) is 11.4. The van der Waals surface area contributed by atoms with Gasteiger partial charge < -0.3 is 15.8 Å². The Kier molecular flexibility index (Phi) is 8.21. The van der Waals surface area contributed by atoms with Crippen molar-refractivity contribution in [1.82, 2.24) is 10.3 Å². The van der Waals surface area contributed by atoms with Gasteiger partial charge in [-0.25, -0.2) is 4.98 Å². The van der Waals surface area contributed by atoms with Gasteiger partial charge in [-0.15, -0.1) is 23.7 Å². The molecule has 138 valence electrons. The first-order valence-corrected chi connectivity index (χ1v) is 9.59. The van der Waals surface area contributed by atoms with E-state index in [1.54, 1.807) is 25.1 Å². The maximum absolute atomic E-state index is 12.2. The third-order valence-electron chi connectivity index (χ3n) is 3.89. The van der Waals surface area contributed by atoms with Crippen molar-refractivity contribution in [1.29, 1.82) is 0 Å². The normalized spacial score (nSPS) is 12.2. The van der Waals surface area contributed by atoms with Gasteiger partial charge in [0.1, 0.15) is 10.8 Å². The summed E-state index contributed by atoms with van der Waals surface area (Å²) < 4.78 is 5.06. The summed E-state index contributed by atoms with van der Waals surface area (Å²) in [6, 6.07) is 7.18. The van der Waals surface area contributed by atoms with E-state index in [0.717, 1.165) is 21.2 Å². The molecule has 5 nitrogen and oxygen atoms in total. The summed E-state index contributed by atoms with van der Waals surface area (Å²) >= 11 is 3.11. The molecule has 2 aromatic rings. The average Bonchev–Trinajstić information content (AvgIpc) is 3.07. The summed E-state index contributed by atoms with van der Waals surface area (Å²) in [5, 5.41) is 3.76. The minimum atomic E-state index is -0.561. The molecule has 0 fully saturated rings. The van der Waals surface area contributed by atoms with Crippen LogP contribution in [0.2, 0.25) is 0 Å². The van der Waals surface area contributed by atoms with Gasteiger partial charge in [-0.3, -0.25) is 4.79 Å². The topological polar surface area (TPSA) is 77.2 Å². The minimum Gasteiger partial charge on any atom is -0.496 e. The summed E-state index contributed by atoms with van der Waals surface area (Å²) in [7, 11) is 1.64. The maximum Gasteiger partial charge on any atom is 0.238 e. The summed E-state index contributed by atoms with van der Waals surface area (Å²) in [4.78, 5) is 17.6. The fourth-order valence-corrected chi connectivity index (χ4v) is 3.31. The summed E-state index contributed by atoms with van der Waals surface area (Å²) in [6.07, 6.45) is 3.73. The Balaban J connectivity index is 0.00000312. The van der Waals surface area contributed by atoms with E-state index < -0.39 is 6.04 Å². The van der Waals surface area contributed by atoms with Crippen LogP contribution in [0.3, 0.4) is 0 Å². The molecule has 1 amide bonds. The number of nitrogens with two attached hydrogens (primary N) is 1. The van der Waals surface area contributed by atoms with Crippen molar-refractivity contribution in [2.24, 2.45) is 5.73 Å². The lowest BCUT2D eigenvalue weighted by Crippen LogP contribution is -2.51. The minimum absolute atomic E-state index is 0. The molecule has 2 rings (SSSR count). The van der Waals surface area contributed by atoms with Crippen molar-refractivity contribution in [2.45, 2.75) is 31.2 Å². The fourth-order valence-electron chi connectivity index (χ4n) is 2.06. The van der Waals surface area contributed by atoms with Gasteiger partial charge >= 0.3 is 0 Å².